The molecule has 0 bridgehead atoms. The van der Waals surface area contributed by atoms with Gasteiger partial charge in [0.1, 0.15) is 0 Å². The number of aromatic nitrogens is 4. The maximum Gasteiger partial charge on any atom is 0.332 e. The number of fused-ring (bicyclic) bond motifs is 1. The molecular formula is C13H20N6O2. The van der Waals surface area contributed by atoms with E-state index in [1.54, 1.807) is 7.05 Å². The minimum Gasteiger partial charge on any atom is -0.342 e. The molecule has 21 heavy (non-hydrogen) atoms. The molecule has 1 saturated heterocycles. The van der Waals surface area contributed by atoms with Crippen LogP contribution in [0.25, 0.3) is 11.2 Å². The topological polar surface area (TPSA) is 102 Å². The molecule has 0 aliphatic carbocycles. The fraction of sp³-hybridized carbons (Fsp3) is 0.615. The van der Waals surface area contributed by atoms with E-state index < -0.39 is 0 Å². The zero-order chi connectivity index (χ0) is 15.3. The van der Waals surface area contributed by atoms with Gasteiger partial charge in [-0.05, 0) is 12.3 Å². The number of anilines is 1. The van der Waals surface area contributed by atoms with Gasteiger partial charge in [0.2, 0.25) is 5.95 Å². The van der Waals surface area contributed by atoms with Crippen LogP contribution in [0.4, 0.5) is 5.95 Å². The number of aromatic amines is 1. The molecule has 0 aromatic carbocycles. The average molecular weight is 292 g/mol. The Labute approximate surface area is 121 Å². The standard InChI is InChI=1S/C13H20N6O2/c1-7-6-19(5-4-8(7)14)12-15-9-10(16-12)17(2)13(21)18(3)11(9)20/h7-8H,4-6,14H2,1-3H3,(H,15,16). The van der Waals surface area contributed by atoms with Crippen molar-refractivity contribution in [1.29, 1.82) is 0 Å². The van der Waals surface area contributed by atoms with E-state index in [9.17, 15) is 9.59 Å². The van der Waals surface area contributed by atoms with E-state index in [0.717, 1.165) is 24.1 Å². The average Bonchev–Trinajstić information content (AvgIpc) is 2.91. The maximum atomic E-state index is 12.2. The first-order valence-electron chi connectivity index (χ1n) is 7.06. The van der Waals surface area contributed by atoms with Gasteiger partial charge in [-0.3, -0.25) is 13.9 Å². The molecule has 3 heterocycles. The molecule has 2 aromatic rings. The van der Waals surface area contributed by atoms with Crippen molar-refractivity contribution in [1.82, 2.24) is 19.1 Å². The Balaban J connectivity index is 2.10. The number of nitrogens with zero attached hydrogens (tertiary/aromatic N) is 4. The highest BCUT2D eigenvalue weighted by Crippen LogP contribution is 2.21. The predicted molar refractivity (Wildman–Crippen MR) is 80.5 cm³/mol. The predicted octanol–water partition coefficient (Wildman–Crippen LogP) is -0.866. The number of H-pyrrole nitrogens is 1. The van der Waals surface area contributed by atoms with Crippen molar-refractivity contribution in [2.45, 2.75) is 19.4 Å². The zero-order valence-corrected chi connectivity index (χ0v) is 12.5. The van der Waals surface area contributed by atoms with Gasteiger partial charge in [-0.25, -0.2) is 4.79 Å². The summed E-state index contributed by atoms with van der Waals surface area (Å²) in [5, 5.41) is 0. The minimum atomic E-state index is -0.375. The number of nitrogens with one attached hydrogen (secondary N) is 1. The van der Waals surface area contributed by atoms with Crippen LogP contribution in [-0.2, 0) is 14.1 Å². The molecule has 8 nitrogen and oxygen atoms in total. The van der Waals surface area contributed by atoms with Crippen molar-refractivity contribution in [3.8, 4) is 0 Å². The zero-order valence-electron chi connectivity index (χ0n) is 12.5. The van der Waals surface area contributed by atoms with E-state index in [0.29, 0.717) is 23.0 Å². The maximum absolute atomic E-state index is 12.2. The quantitative estimate of drug-likeness (QED) is 0.711. The molecule has 0 saturated carbocycles. The second-order valence-electron chi connectivity index (χ2n) is 5.84. The summed E-state index contributed by atoms with van der Waals surface area (Å²) in [6, 6.07) is 0.197. The van der Waals surface area contributed by atoms with E-state index in [1.165, 1.54) is 11.6 Å². The van der Waals surface area contributed by atoms with Gasteiger partial charge in [-0.15, -0.1) is 0 Å². The summed E-state index contributed by atoms with van der Waals surface area (Å²) in [6.45, 7) is 3.68. The molecule has 2 unspecified atom stereocenters. The smallest absolute Gasteiger partial charge is 0.332 e. The Kier molecular flexibility index (Phi) is 3.12. The molecule has 1 aliphatic rings. The first-order chi connectivity index (χ1) is 9.90. The van der Waals surface area contributed by atoms with Crippen molar-refractivity contribution >= 4 is 17.1 Å². The van der Waals surface area contributed by atoms with Crippen LogP contribution in [-0.4, -0.2) is 38.2 Å². The molecule has 0 spiro atoms. The SMILES string of the molecule is CC1CN(c2nc3c([nH]2)c(=O)n(C)c(=O)n3C)CCC1N. The second kappa shape index (κ2) is 4.73. The lowest BCUT2D eigenvalue weighted by atomic mass is 9.95. The Bertz CT molecular complexity index is 801. The van der Waals surface area contributed by atoms with Gasteiger partial charge in [-0.1, -0.05) is 6.92 Å². The Morgan fingerprint density at radius 2 is 2.00 bits per heavy atom. The normalized spacial score (nSPS) is 23.0. The van der Waals surface area contributed by atoms with Gasteiger partial charge in [0.15, 0.2) is 11.2 Å². The van der Waals surface area contributed by atoms with E-state index in [2.05, 4.69) is 21.8 Å². The molecule has 2 atom stereocenters. The summed E-state index contributed by atoms with van der Waals surface area (Å²) in [4.78, 5) is 33.7. The van der Waals surface area contributed by atoms with E-state index in [1.807, 2.05) is 0 Å². The molecule has 2 aromatic heterocycles. The van der Waals surface area contributed by atoms with Gasteiger partial charge in [0.25, 0.3) is 5.56 Å². The monoisotopic (exact) mass is 292 g/mol. The number of imidazole rings is 1. The van der Waals surface area contributed by atoms with Crippen LogP contribution in [0.3, 0.4) is 0 Å². The summed E-state index contributed by atoms with van der Waals surface area (Å²) in [7, 11) is 3.08. The highest BCUT2D eigenvalue weighted by molar-refractivity contribution is 5.73. The third-order valence-electron chi connectivity index (χ3n) is 4.35. The van der Waals surface area contributed by atoms with Gasteiger partial charge >= 0.3 is 5.69 Å². The van der Waals surface area contributed by atoms with Crippen LogP contribution in [0, 0.1) is 5.92 Å². The van der Waals surface area contributed by atoms with Gasteiger partial charge < -0.3 is 15.6 Å². The van der Waals surface area contributed by atoms with E-state index in [-0.39, 0.29) is 17.3 Å². The first-order valence-corrected chi connectivity index (χ1v) is 7.06. The van der Waals surface area contributed by atoms with E-state index >= 15 is 0 Å². The van der Waals surface area contributed by atoms with Gasteiger partial charge in [-0.2, -0.15) is 4.98 Å². The first kappa shape index (κ1) is 13.9. The highest BCUT2D eigenvalue weighted by Gasteiger charge is 2.25. The van der Waals surface area contributed by atoms with Crippen LogP contribution in [0.5, 0.6) is 0 Å². The number of hydrogen-bond acceptors (Lipinski definition) is 5. The Hall–Kier alpha value is -2.09. The van der Waals surface area contributed by atoms with Crippen LogP contribution < -0.4 is 21.9 Å². The molecule has 1 aliphatic heterocycles. The molecule has 0 radical (unpaired) electrons. The summed E-state index contributed by atoms with van der Waals surface area (Å²) in [5.41, 5.74) is 6.04. The Morgan fingerprint density at radius 1 is 1.29 bits per heavy atom. The van der Waals surface area contributed by atoms with Crippen molar-refractivity contribution in [3.05, 3.63) is 20.8 Å². The van der Waals surface area contributed by atoms with E-state index in [4.69, 9.17) is 5.73 Å². The molecule has 114 valence electrons. The summed E-state index contributed by atoms with van der Waals surface area (Å²) in [6.07, 6.45) is 0.884. The largest absolute Gasteiger partial charge is 0.342 e. The fourth-order valence-corrected chi connectivity index (χ4v) is 2.82. The van der Waals surface area contributed by atoms with Crippen molar-refractivity contribution in [3.63, 3.8) is 0 Å². The number of piperidine rings is 1. The third-order valence-corrected chi connectivity index (χ3v) is 4.35. The Morgan fingerprint density at radius 3 is 2.67 bits per heavy atom. The van der Waals surface area contributed by atoms with Crippen LogP contribution in [0.1, 0.15) is 13.3 Å². The molecular weight excluding hydrogens is 272 g/mol. The van der Waals surface area contributed by atoms with Crippen LogP contribution in [0.2, 0.25) is 0 Å². The molecule has 8 heteroatoms. The summed E-state index contributed by atoms with van der Waals surface area (Å²) < 4.78 is 2.47. The number of aryl methyl sites for hydroxylation is 1. The second-order valence-corrected chi connectivity index (χ2v) is 5.84. The highest BCUT2D eigenvalue weighted by atomic mass is 16.2. The van der Waals surface area contributed by atoms with Gasteiger partial charge in [0.05, 0.1) is 0 Å². The van der Waals surface area contributed by atoms with Crippen LogP contribution >= 0.6 is 0 Å². The lowest BCUT2D eigenvalue weighted by molar-refractivity contribution is 0.380. The number of rotatable bonds is 1. The fourth-order valence-electron chi connectivity index (χ4n) is 2.82. The van der Waals surface area contributed by atoms with Gasteiger partial charge in [0, 0.05) is 33.2 Å². The van der Waals surface area contributed by atoms with Crippen LogP contribution in [0.15, 0.2) is 9.59 Å². The molecule has 1 fully saturated rings. The lowest BCUT2D eigenvalue weighted by Crippen LogP contribution is -2.46. The third kappa shape index (κ3) is 2.06. The van der Waals surface area contributed by atoms with Crippen molar-refractivity contribution < 1.29 is 0 Å². The summed E-state index contributed by atoms with van der Waals surface area (Å²) in [5.74, 6) is 0.987. The lowest BCUT2D eigenvalue weighted by Gasteiger charge is -2.34. The number of hydrogen-bond donors (Lipinski definition) is 2. The molecule has 0 amide bonds. The minimum absolute atomic E-state index is 0.197. The van der Waals surface area contributed by atoms with Crippen molar-refractivity contribution in [2.75, 3.05) is 18.0 Å². The summed E-state index contributed by atoms with van der Waals surface area (Å²) >= 11 is 0. The molecule has 3 N–H and O–H groups in total. The number of nitrogens with two attached hydrogens (primary N) is 1. The van der Waals surface area contributed by atoms with Crippen molar-refractivity contribution in [2.24, 2.45) is 25.7 Å². The molecule has 3 rings (SSSR count).